The molecule has 6 nitrogen and oxygen atoms in total. The monoisotopic (exact) mass is 377 g/mol. The second-order valence-corrected chi connectivity index (χ2v) is 7.48. The molecule has 1 N–H and O–H groups in total. The van der Waals surface area contributed by atoms with Crippen LogP contribution >= 0.6 is 0 Å². The van der Waals surface area contributed by atoms with Gasteiger partial charge in [0.1, 0.15) is 13.1 Å². The fourth-order valence-electron chi connectivity index (χ4n) is 3.87. The maximum Gasteiger partial charge on any atom is 0.244 e. The van der Waals surface area contributed by atoms with Gasteiger partial charge in [0.25, 0.3) is 0 Å². The fourth-order valence-corrected chi connectivity index (χ4v) is 3.87. The maximum atomic E-state index is 12.8. The van der Waals surface area contributed by atoms with E-state index in [1.165, 1.54) is 22.2 Å². The third kappa shape index (κ3) is 3.97. The Balaban J connectivity index is 1.38. The van der Waals surface area contributed by atoms with Crippen LogP contribution in [-0.4, -0.2) is 46.8 Å². The van der Waals surface area contributed by atoms with Crippen molar-refractivity contribution in [1.82, 2.24) is 14.7 Å². The standard InChI is InChI=1S/C22H24N4O2/c1-17-5-4-6-18(13-17)15-24-9-11-25(12-10-24)22(28)16-26-20-8-3-2-7-19(20)21(27)14-23-26/h2-8,13-14H,9-12,15-16H2,1H3/p+1. The Morgan fingerprint density at radius 3 is 2.68 bits per heavy atom. The predicted octanol–water partition coefficient (Wildman–Crippen LogP) is 0.632. The summed E-state index contributed by atoms with van der Waals surface area (Å²) in [5.74, 6) is 0.0518. The Kier molecular flexibility index (Phi) is 5.21. The summed E-state index contributed by atoms with van der Waals surface area (Å²) < 4.78 is 1.63. The number of benzene rings is 2. The van der Waals surface area contributed by atoms with E-state index in [1.54, 1.807) is 10.7 Å². The van der Waals surface area contributed by atoms with Crippen molar-refractivity contribution in [2.45, 2.75) is 20.0 Å². The molecule has 144 valence electrons. The van der Waals surface area contributed by atoms with E-state index in [-0.39, 0.29) is 17.9 Å². The maximum absolute atomic E-state index is 12.8. The number of piperazine rings is 1. The highest BCUT2D eigenvalue weighted by molar-refractivity contribution is 5.81. The molecule has 3 aromatic rings. The van der Waals surface area contributed by atoms with Gasteiger partial charge in [0.05, 0.1) is 37.9 Å². The number of aromatic nitrogens is 2. The lowest BCUT2D eigenvalue weighted by Crippen LogP contribution is -3.13. The van der Waals surface area contributed by atoms with Gasteiger partial charge >= 0.3 is 0 Å². The van der Waals surface area contributed by atoms with Gasteiger partial charge < -0.3 is 9.80 Å². The lowest BCUT2D eigenvalue weighted by molar-refractivity contribution is -0.917. The number of aryl methyl sites for hydroxylation is 1. The number of hydrogen-bond donors (Lipinski definition) is 1. The number of fused-ring (bicyclic) bond motifs is 1. The van der Waals surface area contributed by atoms with Crippen LogP contribution in [0.15, 0.2) is 59.5 Å². The molecule has 1 fully saturated rings. The Morgan fingerprint density at radius 2 is 1.89 bits per heavy atom. The minimum Gasteiger partial charge on any atom is -0.330 e. The van der Waals surface area contributed by atoms with Crippen molar-refractivity contribution >= 4 is 16.8 Å². The number of carbonyl (C=O) groups is 1. The molecule has 6 heteroatoms. The molecule has 2 aromatic carbocycles. The zero-order valence-corrected chi connectivity index (χ0v) is 16.1. The minimum absolute atomic E-state index is 0.0518. The molecule has 1 aromatic heterocycles. The van der Waals surface area contributed by atoms with Crippen LogP contribution in [0.1, 0.15) is 11.1 Å². The minimum atomic E-state index is -0.118. The molecule has 1 amide bonds. The van der Waals surface area contributed by atoms with Crippen LogP contribution in [-0.2, 0) is 17.9 Å². The number of nitrogens with zero attached hydrogens (tertiary/aromatic N) is 3. The van der Waals surface area contributed by atoms with Crippen LogP contribution in [0.5, 0.6) is 0 Å². The van der Waals surface area contributed by atoms with Crippen molar-refractivity contribution in [3.05, 3.63) is 76.1 Å². The zero-order chi connectivity index (χ0) is 19.5. The molecule has 0 aliphatic carbocycles. The van der Waals surface area contributed by atoms with E-state index in [0.717, 1.165) is 32.7 Å². The van der Waals surface area contributed by atoms with Gasteiger partial charge in [-0.15, -0.1) is 0 Å². The van der Waals surface area contributed by atoms with Crippen LogP contribution in [0.4, 0.5) is 0 Å². The van der Waals surface area contributed by atoms with Gasteiger partial charge in [-0.25, -0.2) is 0 Å². The Labute approximate surface area is 164 Å². The highest BCUT2D eigenvalue weighted by atomic mass is 16.2. The van der Waals surface area contributed by atoms with Crippen molar-refractivity contribution in [3.8, 4) is 0 Å². The summed E-state index contributed by atoms with van der Waals surface area (Å²) in [5.41, 5.74) is 3.21. The summed E-state index contributed by atoms with van der Waals surface area (Å²) in [5, 5.41) is 4.77. The first kappa shape index (κ1) is 18.4. The Hall–Kier alpha value is -2.99. The highest BCUT2D eigenvalue weighted by Crippen LogP contribution is 2.08. The number of nitrogens with one attached hydrogen (secondary N) is 1. The topological polar surface area (TPSA) is 59.6 Å². The van der Waals surface area contributed by atoms with E-state index >= 15 is 0 Å². The summed E-state index contributed by atoms with van der Waals surface area (Å²) in [6.45, 7) is 6.65. The molecule has 0 unspecified atom stereocenters. The average molecular weight is 377 g/mol. The van der Waals surface area contributed by atoms with Gasteiger partial charge in [-0.2, -0.15) is 5.10 Å². The summed E-state index contributed by atoms with van der Waals surface area (Å²) in [6, 6.07) is 15.9. The van der Waals surface area contributed by atoms with Crippen LogP contribution in [0, 0.1) is 6.92 Å². The third-order valence-electron chi connectivity index (χ3n) is 5.41. The first-order valence-corrected chi connectivity index (χ1v) is 9.72. The molecule has 1 saturated heterocycles. The molecule has 0 spiro atoms. The lowest BCUT2D eigenvalue weighted by atomic mass is 10.1. The second kappa shape index (κ2) is 7.94. The number of para-hydroxylation sites is 1. The average Bonchev–Trinajstić information content (AvgIpc) is 2.71. The van der Waals surface area contributed by atoms with Gasteiger partial charge in [-0.05, 0) is 19.1 Å². The molecular weight excluding hydrogens is 352 g/mol. The van der Waals surface area contributed by atoms with E-state index in [9.17, 15) is 9.59 Å². The van der Waals surface area contributed by atoms with Crippen molar-refractivity contribution in [2.75, 3.05) is 26.2 Å². The van der Waals surface area contributed by atoms with Crippen LogP contribution in [0.2, 0.25) is 0 Å². The predicted molar refractivity (Wildman–Crippen MR) is 108 cm³/mol. The quantitative estimate of drug-likeness (QED) is 0.726. The van der Waals surface area contributed by atoms with Crippen molar-refractivity contribution < 1.29 is 9.69 Å². The molecule has 1 aliphatic rings. The molecule has 4 rings (SSSR count). The van der Waals surface area contributed by atoms with E-state index in [2.05, 4.69) is 36.3 Å². The largest absolute Gasteiger partial charge is 0.330 e. The van der Waals surface area contributed by atoms with E-state index in [4.69, 9.17) is 0 Å². The smallest absolute Gasteiger partial charge is 0.244 e. The van der Waals surface area contributed by atoms with Gasteiger partial charge in [0.15, 0.2) is 0 Å². The molecule has 0 radical (unpaired) electrons. The number of hydrogen-bond acceptors (Lipinski definition) is 3. The van der Waals surface area contributed by atoms with Crippen LogP contribution in [0.25, 0.3) is 10.9 Å². The van der Waals surface area contributed by atoms with Crippen LogP contribution < -0.4 is 10.3 Å². The molecule has 0 atom stereocenters. The van der Waals surface area contributed by atoms with Crippen LogP contribution in [0.3, 0.4) is 0 Å². The van der Waals surface area contributed by atoms with Crippen molar-refractivity contribution in [2.24, 2.45) is 0 Å². The zero-order valence-electron chi connectivity index (χ0n) is 16.1. The highest BCUT2D eigenvalue weighted by Gasteiger charge is 2.24. The van der Waals surface area contributed by atoms with Crippen molar-refractivity contribution in [1.29, 1.82) is 0 Å². The molecule has 28 heavy (non-hydrogen) atoms. The summed E-state index contributed by atoms with van der Waals surface area (Å²) in [4.78, 5) is 28.1. The van der Waals surface area contributed by atoms with E-state index in [0.29, 0.717) is 10.9 Å². The Morgan fingerprint density at radius 1 is 1.11 bits per heavy atom. The Bertz CT molecular complexity index is 1050. The number of carbonyl (C=O) groups excluding carboxylic acids is 1. The van der Waals surface area contributed by atoms with E-state index < -0.39 is 0 Å². The SMILES string of the molecule is Cc1cccc(C[NH+]2CCN(C(=O)Cn3ncc(=O)c4ccccc43)CC2)c1. The van der Waals surface area contributed by atoms with Gasteiger partial charge in [0, 0.05) is 10.9 Å². The van der Waals surface area contributed by atoms with Gasteiger partial charge in [0.2, 0.25) is 11.3 Å². The second-order valence-electron chi connectivity index (χ2n) is 7.48. The number of quaternary nitrogens is 1. The van der Waals surface area contributed by atoms with Crippen molar-refractivity contribution in [3.63, 3.8) is 0 Å². The van der Waals surface area contributed by atoms with Gasteiger partial charge in [-0.3, -0.25) is 14.3 Å². The summed E-state index contributed by atoms with van der Waals surface area (Å²) in [6.07, 6.45) is 1.29. The lowest BCUT2D eigenvalue weighted by Gasteiger charge is -2.32. The third-order valence-corrected chi connectivity index (χ3v) is 5.41. The molecular formula is C22H25N4O2+. The summed E-state index contributed by atoms with van der Waals surface area (Å²) in [7, 11) is 0. The first-order valence-electron chi connectivity index (χ1n) is 9.72. The molecule has 1 aliphatic heterocycles. The normalized spacial score (nSPS) is 15.1. The number of rotatable bonds is 4. The van der Waals surface area contributed by atoms with Gasteiger partial charge in [-0.1, -0.05) is 42.0 Å². The molecule has 0 bridgehead atoms. The first-order chi connectivity index (χ1) is 13.6. The summed E-state index contributed by atoms with van der Waals surface area (Å²) >= 11 is 0. The fraction of sp³-hybridized carbons (Fsp3) is 0.318. The van der Waals surface area contributed by atoms with E-state index in [1.807, 2.05) is 23.1 Å². The number of amides is 1. The molecule has 2 heterocycles. The molecule has 0 saturated carbocycles.